The first-order valence-corrected chi connectivity index (χ1v) is 9.54. The predicted octanol–water partition coefficient (Wildman–Crippen LogP) is 4.84. The summed E-state index contributed by atoms with van der Waals surface area (Å²) in [7, 11) is 0. The van der Waals surface area contributed by atoms with E-state index in [1.807, 2.05) is 43.3 Å². The topological polar surface area (TPSA) is 68.7 Å². The molecule has 0 spiro atoms. The SMILES string of the molecule is CCOc1cc(-c2nc(C)c(C(=O)O)s2)ccc1OCCc1ccccc1. The minimum absolute atomic E-state index is 0.256. The number of thiazole rings is 1. The number of ether oxygens (including phenoxy) is 2. The van der Waals surface area contributed by atoms with E-state index in [0.29, 0.717) is 35.4 Å². The average molecular weight is 383 g/mol. The zero-order valence-corrected chi connectivity index (χ0v) is 16.1. The van der Waals surface area contributed by atoms with Crippen molar-refractivity contribution < 1.29 is 19.4 Å². The summed E-state index contributed by atoms with van der Waals surface area (Å²) >= 11 is 1.16. The number of aryl methyl sites for hydroxylation is 1. The molecule has 0 saturated heterocycles. The quantitative estimate of drug-likeness (QED) is 0.603. The molecular weight excluding hydrogens is 362 g/mol. The van der Waals surface area contributed by atoms with Gasteiger partial charge in [-0.3, -0.25) is 0 Å². The number of hydrogen-bond donors (Lipinski definition) is 1. The van der Waals surface area contributed by atoms with Gasteiger partial charge in [-0.1, -0.05) is 30.3 Å². The third kappa shape index (κ3) is 4.65. The van der Waals surface area contributed by atoms with Gasteiger partial charge in [-0.05, 0) is 37.6 Å². The molecule has 3 rings (SSSR count). The van der Waals surface area contributed by atoms with E-state index in [1.54, 1.807) is 6.92 Å². The summed E-state index contributed by atoms with van der Waals surface area (Å²) < 4.78 is 11.6. The second-order valence-corrected chi connectivity index (χ2v) is 6.92. The van der Waals surface area contributed by atoms with Crippen molar-refractivity contribution in [3.8, 4) is 22.1 Å². The maximum absolute atomic E-state index is 11.3. The highest BCUT2D eigenvalue weighted by atomic mass is 32.1. The molecule has 1 aromatic heterocycles. The van der Waals surface area contributed by atoms with Gasteiger partial charge in [0.05, 0.1) is 18.9 Å². The Hall–Kier alpha value is -2.86. The van der Waals surface area contributed by atoms with Crippen LogP contribution in [0.4, 0.5) is 0 Å². The molecule has 6 heteroatoms. The minimum atomic E-state index is -0.956. The number of hydrogen-bond acceptors (Lipinski definition) is 5. The lowest BCUT2D eigenvalue weighted by Crippen LogP contribution is -2.03. The fourth-order valence-corrected chi connectivity index (χ4v) is 3.57. The second-order valence-electron chi connectivity index (χ2n) is 5.92. The maximum atomic E-state index is 11.3. The Morgan fingerprint density at radius 2 is 1.89 bits per heavy atom. The zero-order valence-electron chi connectivity index (χ0n) is 15.3. The molecule has 140 valence electrons. The Morgan fingerprint density at radius 1 is 1.11 bits per heavy atom. The van der Waals surface area contributed by atoms with E-state index in [9.17, 15) is 9.90 Å². The molecule has 0 bridgehead atoms. The highest BCUT2D eigenvalue weighted by Crippen LogP contribution is 2.35. The van der Waals surface area contributed by atoms with Crippen molar-refractivity contribution in [3.63, 3.8) is 0 Å². The fourth-order valence-electron chi connectivity index (χ4n) is 2.67. The Balaban J connectivity index is 1.78. The summed E-state index contributed by atoms with van der Waals surface area (Å²) in [5, 5.41) is 9.88. The molecule has 0 radical (unpaired) electrons. The number of aromatic carboxylic acids is 1. The molecule has 5 nitrogen and oxygen atoms in total. The average Bonchev–Trinajstić information content (AvgIpc) is 3.06. The first-order valence-electron chi connectivity index (χ1n) is 8.73. The normalized spacial score (nSPS) is 10.6. The molecule has 3 aromatic rings. The van der Waals surface area contributed by atoms with Gasteiger partial charge in [0.25, 0.3) is 0 Å². The van der Waals surface area contributed by atoms with Crippen LogP contribution in [-0.4, -0.2) is 29.3 Å². The maximum Gasteiger partial charge on any atom is 0.347 e. The van der Waals surface area contributed by atoms with Crippen molar-refractivity contribution in [2.75, 3.05) is 13.2 Å². The molecule has 0 atom stereocenters. The van der Waals surface area contributed by atoms with Crippen LogP contribution in [0.15, 0.2) is 48.5 Å². The summed E-state index contributed by atoms with van der Waals surface area (Å²) in [6.07, 6.45) is 0.807. The zero-order chi connectivity index (χ0) is 19.2. The van der Waals surface area contributed by atoms with E-state index in [1.165, 1.54) is 5.56 Å². The number of carboxylic acids is 1. The van der Waals surface area contributed by atoms with Gasteiger partial charge in [-0.15, -0.1) is 11.3 Å². The summed E-state index contributed by atoms with van der Waals surface area (Å²) in [6.45, 7) is 4.67. The van der Waals surface area contributed by atoms with Gasteiger partial charge in [0.15, 0.2) is 11.5 Å². The van der Waals surface area contributed by atoms with Crippen LogP contribution in [0.3, 0.4) is 0 Å². The second kappa shape index (κ2) is 8.68. The molecule has 1 heterocycles. The molecule has 0 aliphatic rings. The monoisotopic (exact) mass is 383 g/mol. The van der Waals surface area contributed by atoms with Crippen LogP contribution in [0.25, 0.3) is 10.6 Å². The van der Waals surface area contributed by atoms with Gasteiger partial charge in [0, 0.05) is 12.0 Å². The van der Waals surface area contributed by atoms with Crippen LogP contribution in [-0.2, 0) is 6.42 Å². The molecule has 1 N–H and O–H groups in total. The molecule has 0 fully saturated rings. The summed E-state index contributed by atoms with van der Waals surface area (Å²) in [5.74, 6) is 0.346. The van der Waals surface area contributed by atoms with E-state index in [4.69, 9.17) is 9.47 Å². The smallest absolute Gasteiger partial charge is 0.347 e. The van der Waals surface area contributed by atoms with Crippen LogP contribution < -0.4 is 9.47 Å². The first kappa shape index (κ1) is 18.9. The summed E-state index contributed by atoms with van der Waals surface area (Å²) in [6, 6.07) is 15.7. The predicted molar refractivity (Wildman–Crippen MR) is 106 cm³/mol. The van der Waals surface area contributed by atoms with Crippen molar-refractivity contribution >= 4 is 17.3 Å². The number of carboxylic acid groups (broad SMARTS) is 1. The standard InChI is InChI=1S/C21H21NO4S/c1-3-25-18-13-16(20-22-14(2)19(27-20)21(23)24)9-10-17(18)26-12-11-15-7-5-4-6-8-15/h4-10,13H,3,11-12H2,1-2H3,(H,23,24). The first-order chi connectivity index (χ1) is 13.1. The van der Waals surface area contributed by atoms with Gasteiger partial charge in [0.1, 0.15) is 9.88 Å². The number of aromatic nitrogens is 1. The van der Waals surface area contributed by atoms with Gasteiger partial charge >= 0.3 is 5.97 Å². The molecular formula is C21H21NO4S. The van der Waals surface area contributed by atoms with Crippen molar-refractivity contribution in [1.82, 2.24) is 4.98 Å². The summed E-state index contributed by atoms with van der Waals surface area (Å²) in [4.78, 5) is 15.9. The van der Waals surface area contributed by atoms with Crippen molar-refractivity contribution in [3.05, 3.63) is 64.7 Å². The fraction of sp³-hybridized carbons (Fsp3) is 0.238. The molecule has 0 amide bonds. The van der Waals surface area contributed by atoms with Crippen LogP contribution in [0.2, 0.25) is 0 Å². The largest absolute Gasteiger partial charge is 0.490 e. The highest BCUT2D eigenvalue weighted by Gasteiger charge is 2.16. The van der Waals surface area contributed by atoms with E-state index in [-0.39, 0.29) is 4.88 Å². The minimum Gasteiger partial charge on any atom is -0.490 e. The highest BCUT2D eigenvalue weighted by molar-refractivity contribution is 7.17. The van der Waals surface area contributed by atoms with Crippen LogP contribution in [0, 0.1) is 6.92 Å². The van der Waals surface area contributed by atoms with Gasteiger partial charge < -0.3 is 14.6 Å². The molecule has 2 aromatic carbocycles. The van der Waals surface area contributed by atoms with Crippen molar-refractivity contribution in [2.24, 2.45) is 0 Å². The lowest BCUT2D eigenvalue weighted by Gasteiger charge is -2.13. The van der Waals surface area contributed by atoms with Crippen LogP contribution in [0.5, 0.6) is 11.5 Å². The lowest BCUT2D eigenvalue weighted by atomic mass is 10.2. The Bertz CT molecular complexity index is 921. The summed E-state index contributed by atoms with van der Waals surface area (Å²) in [5.41, 5.74) is 2.55. The van der Waals surface area contributed by atoms with E-state index in [0.717, 1.165) is 23.3 Å². The molecule has 0 saturated carbocycles. The third-order valence-corrected chi connectivity index (χ3v) is 5.17. The third-order valence-electron chi connectivity index (χ3n) is 3.97. The van der Waals surface area contributed by atoms with E-state index < -0.39 is 5.97 Å². The Morgan fingerprint density at radius 3 is 2.56 bits per heavy atom. The number of rotatable bonds is 8. The molecule has 0 aliphatic carbocycles. The number of benzene rings is 2. The van der Waals surface area contributed by atoms with E-state index in [2.05, 4.69) is 17.1 Å². The van der Waals surface area contributed by atoms with Crippen molar-refractivity contribution in [1.29, 1.82) is 0 Å². The Labute approximate surface area is 162 Å². The lowest BCUT2D eigenvalue weighted by molar-refractivity contribution is 0.0701. The molecule has 0 aliphatic heterocycles. The number of carbonyl (C=O) groups is 1. The van der Waals surface area contributed by atoms with Crippen LogP contribution in [0.1, 0.15) is 27.9 Å². The van der Waals surface area contributed by atoms with Gasteiger partial charge in [-0.25, -0.2) is 9.78 Å². The van der Waals surface area contributed by atoms with E-state index >= 15 is 0 Å². The van der Waals surface area contributed by atoms with Crippen LogP contribution >= 0.6 is 11.3 Å². The molecule has 27 heavy (non-hydrogen) atoms. The number of nitrogens with zero attached hydrogens (tertiary/aromatic N) is 1. The van der Waals surface area contributed by atoms with Crippen molar-refractivity contribution in [2.45, 2.75) is 20.3 Å². The Kier molecular flexibility index (Phi) is 6.08. The van der Waals surface area contributed by atoms with Gasteiger partial charge in [0.2, 0.25) is 0 Å². The molecule has 0 unspecified atom stereocenters. The van der Waals surface area contributed by atoms with Gasteiger partial charge in [-0.2, -0.15) is 0 Å².